The molecule has 14 heavy (non-hydrogen) atoms. The molecule has 0 saturated heterocycles. The van der Waals surface area contributed by atoms with Crippen molar-refractivity contribution in [2.24, 2.45) is 0 Å². The molecule has 1 unspecified atom stereocenters. The summed E-state index contributed by atoms with van der Waals surface area (Å²) in [6.45, 7) is 5.21. The Morgan fingerprint density at radius 3 is 2.57 bits per heavy atom. The number of nitrogens with zero attached hydrogens (tertiary/aromatic N) is 1. The minimum atomic E-state index is -1.40. The van der Waals surface area contributed by atoms with Gasteiger partial charge in [0.25, 0.3) is 0 Å². The fraction of sp³-hybridized carbons (Fsp3) is 0.556. The lowest BCUT2D eigenvalue weighted by molar-refractivity contribution is -0.150. The van der Waals surface area contributed by atoms with E-state index in [9.17, 15) is 9.90 Å². The van der Waals surface area contributed by atoms with Crippen LogP contribution in [0.5, 0.6) is 0 Å². The van der Waals surface area contributed by atoms with Crippen LogP contribution in [-0.4, -0.2) is 27.3 Å². The minimum absolute atomic E-state index is 0.778. The summed E-state index contributed by atoms with van der Waals surface area (Å²) in [5.74, 6) is -1.21. The number of carboxylic acid groups (broad SMARTS) is 1. The van der Waals surface area contributed by atoms with Gasteiger partial charge in [-0.25, -0.2) is 9.78 Å². The van der Waals surface area contributed by atoms with Gasteiger partial charge in [0.15, 0.2) is 6.10 Å². The lowest BCUT2D eigenvalue weighted by Gasteiger charge is -2.26. The lowest BCUT2D eigenvalue weighted by Crippen LogP contribution is -2.39. The van der Waals surface area contributed by atoms with E-state index in [4.69, 9.17) is 5.11 Å². The van der Waals surface area contributed by atoms with E-state index in [1.165, 1.54) is 11.3 Å². The maximum Gasteiger partial charge on any atom is 0.333 e. The molecular weight excluding hydrogens is 202 g/mol. The van der Waals surface area contributed by atoms with E-state index in [-0.39, 0.29) is 0 Å². The van der Waals surface area contributed by atoms with Crippen LogP contribution in [0.3, 0.4) is 0 Å². The highest BCUT2D eigenvalue weighted by molar-refractivity contribution is 7.09. The van der Waals surface area contributed by atoms with Gasteiger partial charge < -0.3 is 10.2 Å². The molecule has 0 fully saturated rings. The number of hydrogen-bond donors (Lipinski definition) is 2. The van der Waals surface area contributed by atoms with E-state index in [2.05, 4.69) is 4.98 Å². The van der Waals surface area contributed by atoms with Gasteiger partial charge in [-0.1, -0.05) is 13.8 Å². The Labute approximate surface area is 86.2 Å². The van der Waals surface area contributed by atoms with E-state index < -0.39 is 17.5 Å². The number of carboxylic acids is 1. The zero-order valence-electron chi connectivity index (χ0n) is 8.31. The molecule has 1 rings (SSSR count). The van der Waals surface area contributed by atoms with Crippen LogP contribution in [0, 0.1) is 6.92 Å². The van der Waals surface area contributed by atoms with Gasteiger partial charge in [-0.2, -0.15) is 0 Å². The van der Waals surface area contributed by atoms with Crippen molar-refractivity contribution in [1.29, 1.82) is 0 Å². The second-order valence-corrected chi connectivity index (χ2v) is 4.58. The molecule has 0 amide bonds. The van der Waals surface area contributed by atoms with Gasteiger partial charge >= 0.3 is 5.97 Å². The topological polar surface area (TPSA) is 70.4 Å². The summed E-state index contributed by atoms with van der Waals surface area (Å²) in [5.41, 5.74) is 1.64. The second kappa shape index (κ2) is 3.67. The highest BCUT2D eigenvalue weighted by Gasteiger charge is 2.37. The van der Waals surface area contributed by atoms with Crippen LogP contribution in [0.2, 0.25) is 0 Å². The Morgan fingerprint density at radius 1 is 1.64 bits per heavy atom. The Kier molecular flexibility index (Phi) is 2.92. The van der Waals surface area contributed by atoms with Crippen molar-refractivity contribution < 1.29 is 15.0 Å². The van der Waals surface area contributed by atoms with Crippen LogP contribution in [0.15, 0.2) is 5.51 Å². The van der Waals surface area contributed by atoms with Crippen molar-refractivity contribution in [2.75, 3.05) is 0 Å². The number of thiazole rings is 1. The quantitative estimate of drug-likeness (QED) is 0.794. The monoisotopic (exact) mass is 215 g/mol. The molecule has 0 bridgehead atoms. The van der Waals surface area contributed by atoms with Crippen molar-refractivity contribution in [3.05, 3.63) is 16.1 Å². The largest absolute Gasteiger partial charge is 0.479 e. The lowest BCUT2D eigenvalue weighted by atomic mass is 9.84. The summed E-state index contributed by atoms with van der Waals surface area (Å²) >= 11 is 1.37. The maximum absolute atomic E-state index is 10.7. The highest BCUT2D eigenvalue weighted by atomic mass is 32.1. The summed E-state index contributed by atoms with van der Waals surface area (Å²) in [4.78, 5) is 15.5. The number of aliphatic hydroxyl groups is 1. The first-order valence-corrected chi connectivity index (χ1v) is 5.06. The molecule has 1 atom stereocenters. The number of aliphatic carboxylic acids is 1. The first kappa shape index (κ1) is 11.1. The standard InChI is InChI=1S/C9H13NO3S/c1-5-7(14-4-10-5)9(2,3)6(11)8(12)13/h4,6,11H,1-3H3,(H,12,13). The fourth-order valence-corrected chi connectivity index (χ4v) is 2.31. The summed E-state index contributed by atoms with van der Waals surface area (Å²) in [6.07, 6.45) is -1.40. The predicted octanol–water partition coefficient (Wildman–Crippen LogP) is 1.17. The summed E-state index contributed by atoms with van der Waals surface area (Å²) < 4.78 is 0. The van der Waals surface area contributed by atoms with E-state index in [1.54, 1.807) is 19.4 Å². The SMILES string of the molecule is Cc1ncsc1C(C)(C)C(O)C(=O)O. The van der Waals surface area contributed by atoms with Gasteiger partial charge in [0.1, 0.15) is 0 Å². The van der Waals surface area contributed by atoms with Gasteiger partial charge in [0.05, 0.1) is 11.2 Å². The van der Waals surface area contributed by atoms with E-state index in [0.29, 0.717) is 0 Å². The number of aromatic nitrogens is 1. The molecule has 0 aliphatic carbocycles. The van der Waals surface area contributed by atoms with E-state index in [0.717, 1.165) is 10.6 Å². The first-order valence-electron chi connectivity index (χ1n) is 4.18. The zero-order valence-corrected chi connectivity index (χ0v) is 9.13. The molecule has 1 heterocycles. The summed E-state index contributed by atoms with van der Waals surface area (Å²) in [5, 5.41) is 18.3. The van der Waals surface area contributed by atoms with Crippen molar-refractivity contribution >= 4 is 17.3 Å². The van der Waals surface area contributed by atoms with Gasteiger partial charge in [0.2, 0.25) is 0 Å². The number of rotatable bonds is 3. The summed E-state index contributed by atoms with van der Waals surface area (Å²) in [7, 11) is 0. The molecule has 1 aromatic heterocycles. The van der Waals surface area contributed by atoms with Crippen LogP contribution in [-0.2, 0) is 10.2 Å². The number of aryl methyl sites for hydroxylation is 1. The van der Waals surface area contributed by atoms with Crippen LogP contribution in [0.1, 0.15) is 24.4 Å². The van der Waals surface area contributed by atoms with Crippen molar-refractivity contribution in [3.63, 3.8) is 0 Å². The smallest absolute Gasteiger partial charge is 0.333 e. The van der Waals surface area contributed by atoms with Gasteiger partial charge in [-0.15, -0.1) is 11.3 Å². The number of hydrogen-bond acceptors (Lipinski definition) is 4. The molecule has 4 nitrogen and oxygen atoms in total. The molecule has 78 valence electrons. The molecule has 0 aliphatic heterocycles. The van der Waals surface area contributed by atoms with Crippen molar-refractivity contribution in [2.45, 2.75) is 32.3 Å². The Bertz CT molecular complexity index is 346. The Hall–Kier alpha value is -0.940. The van der Waals surface area contributed by atoms with Crippen molar-refractivity contribution in [3.8, 4) is 0 Å². The second-order valence-electron chi connectivity index (χ2n) is 3.73. The van der Waals surface area contributed by atoms with Gasteiger partial charge in [-0.3, -0.25) is 0 Å². The number of aliphatic hydroxyl groups excluding tert-OH is 1. The minimum Gasteiger partial charge on any atom is -0.479 e. The fourth-order valence-electron chi connectivity index (χ4n) is 1.35. The van der Waals surface area contributed by atoms with Crippen LogP contribution < -0.4 is 0 Å². The summed E-state index contributed by atoms with van der Waals surface area (Å²) in [6, 6.07) is 0. The average Bonchev–Trinajstić information content (AvgIpc) is 2.50. The Balaban J connectivity index is 3.07. The molecule has 0 radical (unpaired) electrons. The molecular formula is C9H13NO3S. The highest BCUT2D eigenvalue weighted by Crippen LogP contribution is 2.32. The number of carbonyl (C=O) groups is 1. The molecule has 0 aromatic carbocycles. The first-order chi connectivity index (χ1) is 6.37. The Morgan fingerprint density at radius 2 is 2.21 bits per heavy atom. The third-order valence-electron chi connectivity index (χ3n) is 2.25. The molecule has 2 N–H and O–H groups in total. The van der Waals surface area contributed by atoms with Gasteiger partial charge in [-0.05, 0) is 6.92 Å². The third kappa shape index (κ3) is 1.78. The zero-order chi connectivity index (χ0) is 10.9. The predicted molar refractivity (Wildman–Crippen MR) is 53.5 cm³/mol. The maximum atomic E-state index is 10.7. The van der Waals surface area contributed by atoms with Gasteiger partial charge in [0, 0.05) is 10.3 Å². The van der Waals surface area contributed by atoms with Crippen LogP contribution >= 0.6 is 11.3 Å². The van der Waals surface area contributed by atoms with Crippen LogP contribution in [0.25, 0.3) is 0 Å². The molecule has 0 spiro atoms. The molecule has 1 aromatic rings. The third-order valence-corrected chi connectivity index (χ3v) is 3.52. The van der Waals surface area contributed by atoms with E-state index in [1.807, 2.05) is 6.92 Å². The molecule has 5 heteroatoms. The normalized spacial score (nSPS) is 14.0. The average molecular weight is 215 g/mol. The van der Waals surface area contributed by atoms with Crippen molar-refractivity contribution in [1.82, 2.24) is 4.98 Å². The van der Waals surface area contributed by atoms with Crippen LogP contribution in [0.4, 0.5) is 0 Å². The molecule has 0 aliphatic rings. The van der Waals surface area contributed by atoms with E-state index >= 15 is 0 Å². The molecule has 0 saturated carbocycles.